The van der Waals surface area contributed by atoms with E-state index in [4.69, 9.17) is 11.6 Å². The Morgan fingerprint density at radius 1 is 0.962 bits per heavy atom. The summed E-state index contributed by atoms with van der Waals surface area (Å²) in [5.41, 5.74) is 6.49. The Labute approximate surface area is 162 Å². The molecule has 26 heavy (non-hydrogen) atoms. The molecule has 1 aliphatic heterocycles. The summed E-state index contributed by atoms with van der Waals surface area (Å²) in [6.07, 6.45) is 2.10. The van der Waals surface area contributed by atoms with Crippen LogP contribution in [0, 0.1) is 5.92 Å². The van der Waals surface area contributed by atoms with E-state index in [0.717, 1.165) is 56.3 Å². The van der Waals surface area contributed by atoms with Crippen LogP contribution in [0.25, 0.3) is 0 Å². The molecule has 0 aromatic heterocycles. The highest BCUT2D eigenvalue weighted by atomic mass is 35.5. The molecule has 0 aliphatic carbocycles. The van der Waals surface area contributed by atoms with Crippen molar-refractivity contribution in [1.29, 1.82) is 0 Å². The highest BCUT2D eigenvalue weighted by Crippen LogP contribution is 2.31. The summed E-state index contributed by atoms with van der Waals surface area (Å²) in [5, 5.41) is 11.4. The minimum atomic E-state index is 0.680. The third-order valence-corrected chi connectivity index (χ3v) is 5.17. The Hall–Kier alpha value is -1.55. The largest absolute Gasteiger partial charge is 0.380 e. The average molecular weight is 372 g/mol. The van der Waals surface area contributed by atoms with Crippen LogP contribution < -0.4 is 16.0 Å². The lowest BCUT2D eigenvalue weighted by Gasteiger charge is -2.16. The lowest BCUT2D eigenvalue weighted by molar-refractivity contribution is 0.552. The maximum Gasteiger partial charge on any atom is 0.0640 e. The van der Waals surface area contributed by atoms with Crippen LogP contribution in [0.1, 0.15) is 36.1 Å². The second kappa shape index (κ2) is 9.40. The summed E-state index contributed by atoms with van der Waals surface area (Å²) in [6.45, 7) is 9.29. The first kappa shape index (κ1) is 19.2. The number of halogens is 1. The number of hydrogen-bond acceptors (Lipinski definition) is 3. The molecule has 1 aliphatic rings. The van der Waals surface area contributed by atoms with E-state index in [1.165, 1.54) is 22.3 Å². The monoisotopic (exact) mass is 371 g/mol. The van der Waals surface area contributed by atoms with E-state index in [1.54, 1.807) is 0 Å². The minimum Gasteiger partial charge on any atom is -0.380 e. The summed E-state index contributed by atoms with van der Waals surface area (Å²) in [5.74, 6) is 0.680. The first-order chi connectivity index (χ1) is 12.6. The number of hydrogen-bond donors (Lipinski definition) is 3. The molecular weight excluding hydrogens is 342 g/mol. The van der Waals surface area contributed by atoms with Crippen LogP contribution in [-0.4, -0.2) is 19.6 Å². The predicted molar refractivity (Wildman–Crippen MR) is 112 cm³/mol. The van der Waals surface area contributed by atoms with Crippen LogP contribution in [0.4, 0.5) is 5.69 Å². The van der Waals surface area contributed by atoms with Gasteiger partial charge >= 0.3 is 0 Å². The topological polar surface area (TPSA) is 36.1 Å². The van der Waals surface area contributed by atoms with E-state index in [-0.39, 0.29) is 0 Å². The highest BCUT2D eigenvalue weighted by molar-refractivity contribution is 6.33. The number of fused-ring (bicyclic) bond motifs is 1. The number of benzene rings is 2. The van der Waals surface area contributed by atoms with Crippen LogP contribution in [0.5, 0.6) is 0 Å². The molecule has 0 bridgehead atoms. The lowest BCUT2D eigenvalue weighted by Crippen LogP contribution is -2.18. The Morgan fingerprint density at radius 3 is 2.38 bits per heavy atom. The van der Waals surface area contributed by atoms with E-state index in [2.05, 4.69) is 60.1 Å². The fourth-order valence-corrected chi connectivity index (χ4v) is 3.65. The molecule has 0 amide bonds. The molecule has 0 spiro atoms. The molecule has 3 nitrogen and oxygen atoms in total. The van der Waals surface area contributed by atoms with Crippen LogP contribution >= 0.6 is 11.6 Å². The van der Waals surface area contributed by atoms with Crippen molar-refractivity contribution in [1.82, 2.24) is 10.6 Å². The molecule has 0 fully saturated rings. The van der Waals surface area contributed by atoms with Gasteiger partial charge in [0.25, 0.3) is 0 Å². The fraction of sp³-hybridized carbons (Fsp3) is 0.455. The van der Waals surface area contributed by atoms with Crippen molar-refractivity contribution in [2.75, 3.05) is 25.0 Å². The molecule has 2 aromatic carbocycles. The van der Waals surface area contributed by atoms with Gasteiger partial charge in [-0.15, -0.1) is 0 Å². The van der Waals surface area contributed by atoms with E-state index >= 15 is 0 Å². The Kier molecular flexibility index (Phi) is 6.95. The van der Waals surface area contributed by atoms with Crippen LogP contribution in [0.15, 0.2) is 36.4 Å². The van der Waals surface area contributed by atoms with Gasteiger partial charge in [-0.25, -0.2) is 0 Å². The van der Waals surface area contributed by atoms with Gasteiger partial charge < -0.3 is 16.0 Å². The third kappa shape index (κ3) is 5.23. The van der Waals surface area contributed by atoms with Gasteiger partial charge in [-0.1, -0.05) is 55.8 Å². The quantitative estimate of drug-likeness (QED) is 0.675. The summed E-state index contributed by atoms with van der Waals surface area (Å²) in [6, 6.07) is 13.0. The zero-order valence-corrected chi connectivity index (χ0v) is 16.6. The van der Waals surface area contributed by atoms with E-state index in [9.17, 15) is 0 Å². The summed E-state index contributed by atoms with van der Waals surface area (Å²) in [4.78, 5) is 0. The van der Waals surface area contributed by atoms with E-state index < -0.39 is 0 Å². The molecule has 0 radical (unpaired) electrons. The number of anilines is 1. The molecule has 3 rings (SSSR count). The van der Waals surface area contributed by atoms with Crippen LogP contribution in [-0.2, 0) is 25.9 Å². The van der Waals surface area contributed by atoms with E-state index in [0.29, 0.717) is 5.92 Å². The second-order valence-electron chi connectivity index (χ2n) is 7.50. The zero-order valence-electron chi connectivity index (χ0n) is 15.9. The fourth-order valence-electron chi connectivity index (χ4n) is 3.41. The predicted octanol–water partition coefficient (Wildman–Crippen LogP) is 4.39. The average Bonchev–Trinajstić information content (AvgIpc) is 2.87. The summed E-state index contributed by atoms with van der Waals surface area (Å²) >= 11 is 6.50. The molecule has 4 heteroatoms. The molecule has 0 saturated heterocycles. The number of nitrogens with one attached hydrogen (secondary N) is 3. The molecule has 140 valence electrons. The number of rotatable bonds is 7. The van der Waals surface area contributed by atoms with Crippen molar-refractivity contribution in [2.24, 2.45) is 5.92 Å². The smallest absolute Gasteiger partial charge is 0.0640 e. The molecule has 3 N–H and O–H groups in total. The van der Waals surface area contributed by atoms with Crippen molar-refractivity contribution >= 4 is 17.3 Å². The van der Waals surface area contributed by atoms with Crippen molar-refractivity contribution < 1.29 is 0 Å². The van der Waals surface area contributed by atoms with Crippen molar-refractivity contribution in [3.63, 3.8) is 0 Å². The highest BCUT2D eigenvalue weighted by Gasteiger charge is 2.14. The van der Waals surface area contributed by atoms with Gasteiger partial charge in [0.1, 0.15) is 0 Å². The second-order valence-corrected chi connectivity index (χ2v) is 7.91. The first-order valence-corrected chi connectivity index (χ1v) is 10.0. The van der Waals surface area contributed by atoms with Crippen molar-refractivity contribution in [2.45, 2.75) is 39.8 Å². The molecule has 1 heterocycles. The van der Waals surface area contributed by atoms with Gasteiger partial charge in [-0.05, 0) is 66.7 Å². The maximum atomic E-state index is 6.50. The zero-order chi connectivity index (χ0) is 18.4. The summed E-state index contributed by atoms with van der Waals surface area (Å²) in [7, 11) is 0. The Bertz CT molecular complexity index is 710. The minimum absolute atomic E-state index is 0.680. The Balaban J connectivity index is 1.62. The summed E-state index contributed by atoms with van der Waals surface area (Å²) < 4.78 is 0. The van der Waals surface area contributed by atoms with Crippen molar-refractivity contribution in [3.05, 3.63) is 63.7 Å². The van der Waals surface area contributed by atoms with Crippen LogP contribution in [0.2, 0.25) is 5.02 Å². The molecular formula is C22H30ClN3. The standard InChI is InChI=1S/C22H30ClN3/c1-16(2)13-25-14-17-3-5-18(6-4-17)15-26-22-20-10-12-24-11-9-19(20)7-8-21(22)23/h3-8,16,24-26H,9-15H2,1-2H3. The van der Waals surface area contributed by atoms with E-state index in [1.807, 2.05) is 6.07 Å². The van der Waals surface area contributed by atoms with Gasteiger partial charge in [0, 0.05) is 13.1 Å². The maximum absolute atomic E-state index is 6.50. The Morgan fingerprint density at radius 2 is 1.65 bits per heavy atom. The third-order valence-electron chi connectivity index (χ3n) is 4.86. The molecule has 2 aromatic rings. The van der Waals surface area contributed by atoms with Gasteiger partial charge in [0.2, 0.25) is 0 Å². The van der Waals surface area contributed by atoms with Gasteiger partial charge in [0.15, 0.2) is 0 Å². The van der Waals surface area contributed by atoms with Crippen molar-refractivity contribution in [3.8, 4) is 0 Å². The SMILES string of the molecule is CC(C)CNCc1ccc(CNc2c(Cl)ccc3c2CCNCC3)cc1. The van der Waals surface area contributed by atoms with Gasteiger partial charge in [0.05, 0.1) is 10.7 Å². The van der Waals surface area contributed by atoms with Gasteiger partial charge in [-0.3, -0.25) is 0 Å². The molecule has 0 atom stereocenters. The lowest BCUT2D eigenvalue weighted by atomic mass is 10.0. The molecule has 0 saturated carbocycles. The normalized spacial score (nSPS) is 14.2. The molecule has 0 unspecified atom stereocenters. The first-order valence-electron chi connectivity index (χ1n) is 9.67. The van der Waals surface area contributed by atoms with Crippen LogP contribution in [0.3, 0.4) is 0 Å². The van der Waals surface area contributed by atoms with Gasteiger partial charge in [-0.2, -0.15) is 0 Å².